The number of fused-ring (bicyclic) bond motifs is 1. The molecule has 6 nitrogen and oxygen atoms in total. The van der Waals surface area contributed by atoms with E-state index in [1.165, 1.54) is 30.5 Å². The third kappa shape index (κ3) is 6.30. The van der Waals surface area contributed by atoms with Crippen molar-refractivity contribution >= 4 is 27.5 Å². The molecule has 1 aliphatic heterocycles. The molecule has 0 unspecified atom stereocenters. The average molecular weight is 500 g/mol. The number of benzene rings is 1. The lowest BCUT2D eigenvalue weighted by Gasteiger charge is -2.30. The van der Waals surface area contributed by atoms with E-state index in [0.29, 0.717) is 19.6 Å². The predicted molar refractivity (Wildman–Crippen MR) is 133 cm³/mol. The van der Waals surface area contributed by atoms with Crippen LogP contribution in [-0.4, -0.2) is 72.4 Å². The highest BCUT2D eigenvalue weighted by molar-refractivity contribution is 9.10. The molecule has 2 aliphatic rings. The average Bonchev–Trinajstić information content (AvgIpc) is 3.59. The standard InChI is InChI=1S/C25H34BrN5O/c1-29(2)12-13-31(18-21-8-10-27-14-23(21)26)25(32)15-28-24-5-3-4-20-17-30(11-9-22(20)24)16-19-6-7-19/h3-5,8,10,14,19,28H,6-7,9,11-13,15-18H2,1-2H3. The van der Waals surface area contributed by atoms with Crippen LogP contribution in [0.4, 0.5) is 5.69 Å². The maximum absolute atomic E-state index is 13.2. The third-order valence-electron chi connectivity index (χ3n) is 6.38. The first kappa shape index (κ1) is 23.2. The maximum atomic E-state index is 13.2. The first-order valence-corrected chi connectivity index (χ1v) is 12.4. The first-order chi connectivity index (χ1) is 15.5. The zero-order chi connectivity index (χ0) is 22.5. The van der Waals surface area contributed by atoms with Gasteiger partial charge in [-0.15, -0.1) is 0 Å². The largest absolute Gasteiger partial charge is 0.376 e. The van der Waals surface area contributed by atoms with Crippen molar-refractivity contribution in [1.29, 1.82) is 0 Å². The molecular weight excluding hydrogens is 466 g/mol. The molecule has 1 fully saturated rings. The van der Waals surface area contributed by atoms with Gasteiger partial charge in [-0.25, -0.2) is 0 Å². The second-order valence-corrected chi connectivity index (χ2v) is 10.2. The fraction of sp³-hybridized carbons (Fsp3) is 0.520. The fourth-order valence-electron chi connectivity index (χ4n) is 4.29. The van der Waals surface area contributed by atoms with Gasteiger partial charge in [0.1, 0.15) is 0 Å². The number of aromatic nitrogens is 1. The Morgan fingerprint density at radius 3 is 2.84 bits per heavy atom. The lowest BCUT2D eigenvalue weighted by Crippen LogP contribution is -2.39. The Bertz CT molecular complexity index is 930. The number of hydrogen-bond acceptors (Lipinski definition) is 5. The second-order valence-electron chi connectivity index (χ2n) is 9.31. The van der Waals surface area contributed by atoms with Gasteiger partial charge in [0.25, 0.3) is 0 Å². The molecule has 0 radical (unpaired) electrons. The Balaban J connectivity index is 1.39. The highest BCUT2D eigenvalue weighted by atomic mass is 79.9. The van der Waals surface area contributed by atoms with Crippen LogP contribution >= 0.6 is 15.9 Å². The summed E-state index contributed by atoms with van der Waals surface area (Å²) < 4.78 is 0.934. The number of nitrogens with one attached hydrogen (secondary N) is 1. The minimum absolute atomic E-state index is 0.110. The molecule has 0 saturated heterocycles. The number of anilines is 1. The van der Waals surface area contributed by atoms with Crippen LogP contribution in [0.2, 0.25) is 0 Å². The number of rotatable bonds is 10. The number of carbonyl (C=O) groups excluding carboxylic acids is 1. The van der Waals surface area contributed by atoms with Crippen LogP contribution in [0.25, 0.3) is 0 Å². The number of nitrogens with zero attached hydrogens (tertiary/aromatic N) is 4. The van der Waals surface area contributed by atoms with Crippen molar-refractivity contribution in [2.45, 2.75) is 32.4 Å². The molecule has 0 spiro atoms. The Labute approximate surface area is 200 Å². The van der Waals surface area contributed by atoms with Crippen LogP contribution in [0.3, 0.4) is 0 Å². The molecule has 0 bridgehead atoms. The summed E-state index contributed by atoms with van der Waals surface area (Å²) in [4.78, 5) is 24.0. The summed E-state index contributed by atoms with van der Waals surface area (Å²) in [6, 6.07) is 8.44. The van der Waals surface area contributed by atoms with Crippen molar-refractivity contribution in [3.8, 4) is 0 Å². The van der Waals surface area contributed by atoms with Crippen LogP contribution in [0.1, 0.15) is 29.5 Å². The quantitative estimate of drug-likeness (QED) is 0.540. The number of pyridine rings is 1. The van der Waals surface area contributed by atoms with Gasteiger partial charge in [0.2, 0.25) is 5.91 Å². The minimum Gasteiger partial charge on any atom is -0.376 e. The van der Waals surface area contributed by atoms with E-state index in [4.69, 9.17) is 0 Å². The zero-order valence-corrected chi connectivity index (χ0v) is 20.8. The molecule has 1 aliphatic carbocycles. The minimum atomic E-state index is 0.110. The number of carbonyl (C=O) groups is 1. The molecule has 1 aromatic heterocycles. The number of hydrogen-bond donors (Lipinski definition) is 1. The van der Waals surface area contributed by atoms with Gasteiger partial charge in [0.15, 0.2) is 0 Å². The van der Waals surface area contributed by atoms with Gasteiger partial charge in [0, 0.05) is 61.8 Å². The molecule has 32 heavy (non-hydrogen) atoms. The Hall–Kier alpha value is -1.96. The Morgan fingerprint density at radius 2 is 2.09 bits per heavy atom. The molecular formula is C25H34BrN5O. The van der Waals surface area contributed by atoms with E-state index in [2.05, 4.69) is 54.2 Å². The summed E-state index contributed by atoms with van der Waals surface area (Å²) in [5, 5.41) is 3.46. The van der Waals surface area contributed by atoms with Crippen molar-refractivity contribution in [1.82, 2.24) is 19.7 Å². The highest BCUT2D eigenvalue weighted by Gasteiger charge is 2.27. The summed E-state index contributed by atoms with van der Waals surface area (Å²) in [5.74, 6) is 1.03. The number of likely N-dealkylation sites (N-methyl/N-ethyl adjacent to an activating group) is 1. The Kier molecular flexibility index (Phi) is 7.81. The topological polar surface area (TPSA) is 51.7 Å². The van der Waals surface area contributed by atoms with E-state index in [0.717, 1.165) is 47.7 Å². The summed E-state index contributed by atoms with van der Waals surface area (Å²) in [5.41, 5.74) is 4.96. The van der Waals surface area contributed by atoms with Crippen molar-refractivity contribution in [2.24, 2.45) is 5.92 Å². The van der Waals surface area contributed by atoms with Crippen LogP contribution < -0.4 is 5.32 Å². The normalized spacial score (nSPS) is 16.1. The monoisotopic (exact) mass is 499 g/mol. The smallest absolute Gasteiger partial charge is 0.242 e. The predicted octanol–water partition coefficient (Wildman–Crippen LogP) is 3.61. The van der Waals surface area contributed by atoms with Crippen LogP contribution in [-0.2, 0) is 24.3 Å². The van der Waals surface area contributed by atoms with E-state index in [1.807, 2.05) is 25.1 Å². The van der Waals surface area contributed by atoms with Gasteiger partial charge in [-0.05, 0) is 84.0 Å². The maximum Gasteiger partial charge on any atom is 0.242 e. The van der Waals surface area contributed by atoms with Gasteiger partial charge in [-0.2, -0.15) is 0 Å². The van der Waals surface area contributed by atoms with E-state index in [9.17, 15) is 4.79 Å². The fourth-order valence-corrected chi connectivity index (χ4v) is 4.66. The molecule has 0 atom stereocenters. The van der Waals surface area contributed by atoms with Crippen molar-refractivity contribution in [3.05, 3.63) is 57.8 Å². The lowest BCUT2D eigenvalue weighted by atomic mass is 9.97. The second kappa shape index (κ2) is 10.8. The van der Waals surface area contributed by atoms with Gasteiger partial charge in [-0.1, -0.05) is 12.1 Å². The van der Waals surface area contributed by atoms with Gasteiger partial charge >= 0.3 is 0 Å². The van der Waals surface area contributed by atoms with Gasteiger partial charge in [0.05, 0.1) is 6.54 Å². The van der Waals surface area contributed by atoms with E-state index in [1.54, 1.807) is 12.4 Å². The molecule has 1 saturated carbocycles. The number of amides is 1. The first-order valence-electron chi connectivity index (χ1n) is 11.6. The third-order valence-corrected chi connectivity index (χ3v) is 7.09. The highest BCUT2D eigenvalue weighted by Crippen LogP contribution is 2.32. The molecule has 7 heteroatoms. The summed E-state index contributed by atoms with van der Waals surface area (Å²) in [7, 11) is 4.07. The molecule has 1 aromatic carbocycles. The molecule has 1 N–H and O–H groups in total. The van der Waals surface area contributed by atoms with Crippen LogP contribution in [0.15, 0.2) is 41.1 Å². The van der Waals surface area contributed by atoms with E-state index in [-0.39, 0.29) is 5.91 Å². The van der Waals surface area contributed by atoms with E-state index < -0.39 is 0 Å². The molecule has 172 valence electrons. The summed E-state index contributed by atoms with van der Waals surface area (Å²) >= 11 is 3.56. The molecule has 2 heterocycles. The Morgan fingerprint density at radius 1 is 1.25 bits per heavy atom. The van der Waals surface area contributed by atoms with Gasteiger partial charge in [-0.3, -0.25) is 14.7 Å². The summed E-state index contributed by atoms with van der Waals surface area (Å²) in [6.07, 6.45) is 7.40. The lowest BCUT2D eigenvalue weighted by molar-refractivity contribution is -0.130. The van der Waals surface area contributed by atoms with E-state index >= 15 is 0 Å². The molecule has 2 aromatic rings. The van der Waals surface area contributed by atoms with Crippen LogP contribution in [0.5, 0.6) is 0 Å². The number of halogens is 1. The van der Waals surface area contributed by atoms with Crippen molar-refractivity contribution in [2.75, 3.05) is 52.1 Å². The van der Waals surface area contributed by atoms with Gasteiger partial charge < -0.3 is 15.1 Å². The van der Waals surface area contributed by atoms with Crippen LogP contribution in [0, 0.1) is 5.92 Å². The van der Waals surface area contributed by atoms with Crippen molar-refractivity contribution in [3.63, 3.8) is 0 Å². The molecule has 4 rings (SSSR count). The summed E-state index contributed by atoms with van der Waals surface area (Å²) in [6.45, 7) is 5.76. The van der Waals surface area contributed by atoms with Crippen molar-refractivity contribution < 1.29 is 4.79 Å². The SMILES string of the molecule is CN(C)CCN(Cc1ccncc1Br)C(=O)CNc1cccc2c1CCN(CC1CC1)C2. The molecule has 1 amide bonds. The zero-order valence-electron chi connectivity index (χ0n) is 19.2.